The van der Waals surface area contributed by atoms with Crippen LogP contribution in [0.4, 0.5) is 13.2 Å². The van der Waals surface area contributed by atoms with Crippen LogP contribution in [0.1, 0.15) is 62.1 Å². The number of hydrogen-bond acceptors (Lipinski definition) is 4. The molecule has 1 N–H and O–H groups in total. The molecule has 1 aliphatic rings. The summed E-state index contributed by atoms with van der Waals surface area (Å²) in [4.78, 5) is 0.0339. The third-order valence-electron chi connectivity index (χ3n) is 6.61. The summed E-state index contributed by atoms with van der Waals surface area (Å²) in [5.41, 5.74) is -1.33. The number of unbranched alkanes of at least 4 members (excludes halogenated alkanes) is 1. The molecule has 3 rings (SSSR count). The molecular weight excluding hydrogens is 441 g/mol. The summed E-state index contributed by atoms with van der Waals surface area (Å²) in [7, 11) is -2.37. The van der Waals surface area contributed by atoms with Gasteiger partial charge in [-0.05, 0) is 48.2 Å². The summed E-state index contributed by atoms with van der Waals surface area (Å²) in [5.74, 6) is -0.830. The van der Waals surface area contributed by atoms with Crippen LogP contribution in [0, 0.1) is 5.41 Å². The van der Waals surface area contributed by atoms with Crippen molar-refractivity contribution in [1.82, 2.24) is 0 Å². The molecule has 32 heavy (non-hydrogen) atoms. The van der Waals surface area contributed by atoms with Gasteiger partial charge in [0.05, 0.1) is 29.4 Å². The van der Waals surface area contributed by atoms with Gasteiger partial charge in [-0.3, -0.25) is 0 Å². The second-order valence-electron chi connectivity index (χ2n) is 8.53. The van der Waals surface area contributed by atoms with Gasteiger partial charge in [0.15, 0.2) is 9.84 Å². The second kappa shape index (κ2) is 9.06. The van der Waals surface area contributed by atoms with Crippen LogP contribution in [0.3, 0.4) is 0 Å². The lowest BCUT2D eigenvalue weighted by atomic mass is 9.69. The topological polar surface area (TPSA) is 63.6 Å². The van der Waals surface area contributed by atoms with E-state index in [2.05, 4.69) is 0 Å². The van der Waals surface area contributed by atoms with E-state index in [4.69, 9.17) is 4.74 Å². The van der Waals surface area contributed by atoms with Crippen molar-refractivity contribution < 1.29 is 31.4 Å². The van der Waals surface area contributed by atoms with E-state index < -0.39 is 39.0 Å². The van der Waals surface area contributed by atoms with Crippen molar-refractivity contribution in [1.29, 1.82) is 0 Å². The average Bonchev–Trinajstić information content (AvgIpc) is 2.82. The minimum Gasteiger partial charge on any atom is -0.497 e. The number of fused-ring (bicyclic) bond motifs is 1. The van der Waals surface area contributed by atoms with Crippen LogP contribution in [-0.2, 0) is 16.0 Å². The molecule has 0 radical (unpaired) electrons. The number of benzene rings is 2. The Morgan fingerprint density at radius 2 is 1.88 bits per heavy atom. The van der Waals surface area contributed by atoms with E-state index in [0.29, 0.717) is 25.0 Å². The van der Waals surface area contributed by atoms with Gasteiger partial charge >= 0.3 is 6.18 Å². The zero-order chi connectivity index (χ0) is 23.7. The Bertz CT molecular complexity index is 1070. The maximum absolute atomic E-state index is 13.5. The largest absolute Gasteiger partial charge is 0.497 e. The lowest BCUT2D eigenvalue weighted by Crippen LogP contribution is -2.42. The fraction of sp³-hybridized carbons (Fsp3) is 0.500. The Balaban J connectivity index is 2.32. The summed E-state index contributed by atoms with van der Waals surface area (Å²) in [6.45, 7) is 3.80. The molecule has 2 aromatic rings. The highest BCUT2D eigenvalue weighted by Gasteiger charge is 2.49. The summed E-state index contributed by atoms with van der Waals surface area (Å²) in [6, 6.07) is 9.27. The van der Waals surface area contributed by atoms with E-state index in [1.165, 1.54) is 37.4 Å². The van der Waals surface area contributed by atoms with Crippen molar-refractivity contribution in [2.75, 3.05) is 12.9 Å². The van der Waals surface area contributed by atoms with Crippen LogP contribution in [-0.4, -0.2) is 32.5 Å². The summed E-state index contributed by atoms with van der Waals surface area (Å²) in [5, 5.41) is 11.7. The zero-order valence-corrected chi connectivity index (χ0v) is 19.3. The van der Waals surface area contributed by atoms with Crippen LogP contribution < -0.4 is 4.74 Å². The molecule has 4 nitrogen and oxygen atoms in total. The van der Waals surface area contributed by atoms with Crippen LogP contribution in [0.5, 0.6) is 5.75 Å². The first-order chi connectivity index (χ1) is 15.0. The van der Waals surface area contributed by atoms with Gasteiger partial charge < -0.3 is 9.84 Å². The van der Waals surface area contributed by atoms with Crippen molar-refractivity contribution in [3.05, 3.63) is 59.2 Å². The Labute approximate surface area is 187 Å². The maximum Gasteiger partial charge on any atom is 0.416 e. The molecule has 1 aliphatic heterocycles. The number of halogens is 3. The number of hydrogen-bond donors (Lipinski definition) is 1. The second-order valence-corrected chi connectivity index (χ2v) is 10.5. The highest BCUT2D eigenvalue weighted by atomic mass is 32.2. The van der Waals surface area contributed by atoms with Crippen LogP contribution in [0.15, 0.2) is 47.4 Å². The fourth-order valence-corrected chi connectivity index (χ4v) is 7.00. The Hall–Kier alpha value is -2.06. The van der Waals surface area contributed by atoms with E-state index in [-0.39, 0.29) is 21.8 Å². The first-order valence-corrected chi connectivity index (χ1v) is 12.4. The molecule has 0 saturated carbocycles. The van der Waals surface area contributed by atoms with Gasteiger partial charge in [0.25, 0.3) is 0 Å². The van der Waals surface area contributed by atoms with Crippen LogP contribution in [0.25, 0.3) is 0 Å². The minimum absolute atomic E-state index is 0.0339. The molecular formula is C24H29F3O4S. The molecule has 8 heteroatoms. The predicted molar refractivity (Wildman–Crippen MR) is 117 cm³/mol. The van der Waals surface area contributed by atoms with E-state index in [0.717, 1.165) is 18.6 Å². The van der Waals surface area contributed by atoms with Crippen LogP contribution >= 0.6 is 0 Å². The first kappa shape index (κ1) is 24.6. The molecule has 1 heterocycles. The quantitative estimate of drug-likeness (QED) is 0.599. The normalized spacial score (nSPS) is 25.1. The van der Waals surface area contributed by atoms with E-state index in [1.807, 2.05) is 13.8 Å². The molecule has 3 atom stereocenters. The minimum atomic E-state index is -4.56. The monoisotopic (exact) mass is 470 g/mol. The maximum atomic E-state index is 13.5. The Morgan fingerprint density at radius 3 is 2.47 bits per heavy atom. The molecule has 0 saturated heterocycles. The van der Waals surface area contributed by atoms with Gasteiger partial charge in [-0.1, -0.05) is 44.9 Å². The number of alkyl halides is 3. The molecule has 176 valence electrons. The average molecular weight is 471 g/mol. The fourth-order valence-electron chi connectivity index (χ4n) is 4.75. The Morgan fingerprint density at radius 1 is 1.16 bits per heavy atom. The zero-order valence-electron chi connectivity index (χ0n) is 18.4. The standard InChI is InChI=1S/C24H29F3O4S/c1-4-6-12-23(5-2)15-32(29,30)20-11-10-18(31-3)14-19(20)21(22(23)28)16-8-7-9-17(13-16)24(25,26)27/h7-11,13-14,21-22,28H,4-6,12,15H2,1-3H3/t21-,22?,23+/m0/s1. The molecule has 0 spiro atoms. The first-order valence-electron chi connectivity index (χ1n) is 10.7. The number of rotatable bonds is 6. The lowest BCUT2D eigenvalue weighted by Gasteiger charge is -2.39. The Kier molecular flexibility index (Phi) is 6.96. The van der Waals surface area contributed by atoms with Gasteiger partial charge in [-0.2, -0.15) is 13.2 Å². The number of aliphatic hydroxyl groups is 1. The third kappa shape index (κ3) is 4.53. The molecule has 0 fully saturated rings. The number of aliphatic hydroxyl groups excluding tert-OH is 1. The van der Waals surface area contributed by atoms with Gasteiger partial charge in [0.2, 0.25) is 0 Å². The van der Waals surface area contributed by atoms with Gasteiger partial charge in [0.1, 0.15) is 5.75 Å². The van der Waals surface area contributed by atoms with Crippen molar-refractivity contribution in [2.45, 2.75) is 62.6 Å². The number of ether oxygens (including phenoxy) is 1. The molecule has 0 aromatic heterocycles. The van der Waals surface area contributed by atoms with E-state index in [9.17, 15) is 26.7 Å². The van der Waals surface area contributed by atoms with Gasteiger partial charge in [-0.15, -0.1) is 0 Å². The van der Waals surface area contributed by atoms with Crippen molar-refractivity contribution >= 4 is 9.84 Å². The van der Waals surface area contributed by atoms with E-state index in [1.54, 1.807) is 0 Å². The summed E-state index contributed by atoms with van der Waals surface area (Å²) in [6.07, 6.45) is -3.39. The molecule has 2 aromatic carbocycles. The molecule has 0 amide bonds. The number of sulfone groups is 1. The molecule has 0 aliphatic carbocycles. The van der Waals surface area contributed by atoms with Crippen molar-refractivity contribution in [3.8, 4) is 5.75 Å². The highest BCUT2D eigenvalue weighted by Crippen LogP contribution is 2.49. The van der Waals surface area contributed by atoms with Crippen LogP contribution in [0.2, 0.25) is 0 Å². The van der Waals surface area contributed by atoms with Crippen molar-refractivity contribution in [2.24, 2.45) is 5.41 Å². The smallest absolute Gasteiger partial charge is 0.416 e. The van der Waals surface area contributed by atoms with E-state index >= 15 is 0 Å². The summed E-state index contributed by atoms with van der Waals surface area (Å²) < 4.78 is 72.5. The summed E-state index contributed by atoms with van der Waals surface area (Å²) >= 11 is 0. The number of methoxy groups -OCH3 is 1. The lowest BCUT2D eigenvalue weighted by molar-refractivity contribution is -0.137. The SMILES string of the molecule is CCCC[C@]1(CC)CS(=O)(=O)c2ccc(OC)cc2[C@H](c2cccc(C(F)(F)F)c2)C1O. The highest BCUT2D eigenvalue weighted by molar-refractivity contribution is 7.91. The van der Waals surface area contributed by atoms with Crippen molar-refractivity contribution in [3.63, 3.8) is 0 Å². The third-order valence-corrected chi connectivity index (χ3v) is 8.61. The molecule has 0 bridgehead atoms. The predicted octanol–water partition coefficient (Wildman–Crippen LogP) is 5.58. The molecule has 1 unspecified atom stereocenters. The van der Waals surface area contributed by atoms with Gasteiger partial charge in [-0.25, -0.2) is 8.42 Å². The van der Waals surface area contributed by atoms with Gasteiger partial charge in [0, 0.05) is 11.3 Å².